The summed E-state index contributed by atoms with van der Waals surface area (Å²) in [4.78, 5) is 152. The number of urea groups is 1. The third-order valence-corrected chi connectivity index (χ3v) is 17.7. The molecule has 2 aromatic carbocycles. The van der Waals surface area contributed by atoms with Gasteiger partial charge in [0.2, 0.25) is 41.4 Å². The van der Waals surface area contributed by atoms with Gasteiger partial charge in [-0.1, -0.05) is 118 Å². The largest absolute Gasteiger partial charge is 0.445 e. The number of aliphatic hydroxyl groups excluding tert-OH is 1. The van der Waals surface area contributed by atoms with Gasteiger partial charge in [-0.05, 0) is 92.4 Å². The zero-order valence-corrected chi connectivity index (χ0v) is 57.4. The average Bonchev–Trinajstić information content (AvgIpc) is 1.33. The Morgan fingerprint density at radius 2 is 1.35 bits per heavy atom. The number of nitrogens with zero attached hydrogens (tertiary/aromatic N) is 4. The van der Waals surface area contributed by atoms with Crippen molar-refractivity contribution in [3.63, 3.8) is 0 Å². The summed E-state index contributed by atoms with van der Waals surface area (Å²) in [5.41, 5.74) is 6.77. The Kier molecular flexibility index (Phi) is 32.1. The van der Waals surface area contributed by atoms with Gasteiger partial charge in [-0.3, -0.25) is 53.0 Å². The molecule has 0 saturated carbocycles. The average molecular weight is 1320 g/mol. The minimum atomic E-state index is -1.11. The van der Waals surface area contributed by atoms with Gasteiger partial charge in [0.15, 0.2) is 0 Å². The van der Waals surface area contributed by atoms with E-state index in [1.165, 1.54) is 38.3 Å². The molecule has 0 radical (unpaired) electrons. The molecule has 26 heteroatoms. The summed E-state index contributed by atoms with van der Waals surface area (Å²) in [6.45, 7) is 18.6. The number of amides is 12. The maximum absolute atomic E-state index is 14.8. The highest BCUT2D eigenvalue weighted by atomic mass is 16.6. The number of carbonyl (C=O) groups excluding carboxylic acids is 11. The number of unbranched alkanes of at least 4 members (excludes halogenated alkanes) is 2. The molecule has 2 heterocycles. The zero-order valence-electron chi connectivity index (χ0n) is 57.4. The van der Waals surface area contributed by atoms with E-state index >= 15 is 0 Å². The summed E-state index contributed by atoms with van der Waals surface area (Å²) in [6.07, 6.45) is 2.94. The summed E-state index contributed by atoms with van der Waals surface area (Å²) >= 11 is 0. The van der Waals surface area contributed by atoms with Crippen molar-refractivity contribution < 1.29 is 72.1 Å². The van der Waals surface area contributed by atoms with Crippen molar-refractivity contribution in [2.75, 3.05) is 53.3 Å². The van der Waals surface area contributed by atoms with Gasteiger partial charge in [-0.25, -0.2) is 9.59 Å². The number of rotatable bonds is 38. The van der Waals surface area contributed by atoms with Crippen molar-refractivity contribution in [3.8, 4) is 0 Å². The molecule has 12 atom stereocenters. The standard InChI is InChI=1S/C68H105N11O15/c1-15-43(8)59(51(92-13)38-55(83)78-37-23-27-50(78)61(93-14)44(9)62(85)71-45(10)60(84)47-24-18-16-19-25-47)76(11)66(89)57(41(4)5)75-65(88)58(42(6)7)77(12)68(91)94-39-46-29-31-48(32-30-46)72-63(86)49(26-22-35-70-67(69)90)73-64(87)56(40(2)3)74-52(80)28-20-17-21-36-79-53(81)33-34-54(79)82/h16,18-19,24-25,29-34,40-45,49-51,56-61,84H,15,17,20-23,26-28,35-39H2,1-14H3,(H,71,85)(H,72,86)(H,73,87)(H,74,80)(H,75,88)(H3,69,70,90)/t43-,44+,45+,49?,50-,51?,56?,57-,58-,59-,60+,61?/m0/s1. The first-order valence-electron chi connectivity index (χ1n) is 32.9. The number of hydrogen-bond donors (Lipinski definition) is 8. The molecule has 0 aromatic heterocycles. The zero-order chi connectivity index (χ0) is 70.1. The number of benzene rings is 2. The number of likely N-dealkylation sites (tertiary alicyclic amines) is 1. The van der Waals surface area contributed by atoms with Gasteiger partial charge >= 0.3 is 12.1 Å². The molecule has 1 saturated heterocycles. The lowest BCUT2D eigenvalue weighted by atomic mass is 9.89. The van der Waals surface area contributed by atoms with Crippen LogP contribution in [0.5, 0.6) is 0 Å². The Bertz CT molecular complexity index is 2880. The summed E-state index contributed by atoms with van der Waals surface area (Å²) in [5, 5.41) is 27.6. The Hall–Kier alpha value is -7.97. The third kappa shape index (κ3) is 22.9. The fourth-order valence-electron chi connectivity index (χ4n) is 12.1. The highest BCUT2D eigenvalue weighted by Gasteiger charge is 2.44. The summed E-state index contributed by atoms with van der Waals surface area (Å²) < 4.78 is 17.7. The monoisotopic (exact) mass is 1320 g/mol. The van der Waals surface area contributed by atoms with Gasteiger partial charge in [0, 0.05) is 72.2 Å². The second-order valence-electron chi connectivity index (χ2n) is 25.8. The van der Waals surface area contributed by atoms with E-state index in [1.807, 2.05) is 32.0 Å². The van der Waals surface area contributed by atoms with Crippen LogP contribution in [0.2, 0.25) is 0 Å². The van der Waals surface area contributed by atoms with E-state index in [0.29, 0.717) is 61.9 Å². The Morgan fingerprint density at radius 1 is 0.713 bits per heavy atom. The molecule has 12 amide bonds. The van der Waals surface area contributed by atoms with Crippen LogP contribution < -0.4 is 37.6 Å². The molecule has 0 bridgehead atoms. The van der Waals surface area contributed by atoms with E-state index in [-0.39, 0.29) is 86.8 Å². The van der Waals surface area contributed by atoms with Crippen LogP contribution in [0.1, 0.15) is 151 Å². The molecule has 1 fully saturated rings. The molecule has 2 aromatic rings. The molecular formula is C68H105N11O15. The second-order valence-corrected chi connectivity index (χ2v) is 25.8. The van der Waals surface area contributed by atoms with E-state index < -0.39 is 114 Å². The Balaban J connectivity index is 1.37. The number of nitrogens with one attached hydrogen (secondary N) is 6. The van der Waals surface area contributed by atoms with Crippen LogP contribution in [-0.2, 0) is 64.0 Å². The van der Waals surface area contributed by atoms with Crippen LogP contribution in [-0.4, -0.2) is 192 Å². The number of carbonyl (C=O) groups is 11. The summed E-state index contributed by atoms with van der Waals surface area (Å²) in [7, 11) is 6.08. The fraction of sp³-hybridized carbons (Fsp3) is 0.632. The number of primary amides is 1. The molecule has 26 nitrogen and oxygen atoms in total. The summed E-state index contributed by atoms with van der Waals surface area (Å²) in [5.74, 6) is -6.02. The minimum absolute atomic E-state index is 0.0841. The molecule has 4 unspecified atom stereocenters. The van der Waals surface area contributed by atoms with Gasteiger partial charge in [0.1, 0.15) is 30.8 Å². The van der Waals surface area contributed by atoms with Crippen molar-refractivity contribution >= 4 is 71.0 Å². The first-order valence-corrected chi connectivity index (χ1v) is 32.9. The maximum Gasteiger partial charge on any atom is 0.410 e. The fourth-order valence-corrected chi connectivity index (χ4v) is 12.1. The van der Waals surface area contributed by atoms with Crippen molar-refractivity contribution in [1.82, 2.24) is 46.2 Å². The van der Waals surface area contributed by atoms with Crippen LogP contribution in [0.25, 0.3) is 0 Å². The number of hydrogen-bond acceptors (Lipinski definition) is 15. The number of likely N-dealkylation sites (N-methyl/N-ethyl adjacent to an activating group) is 2. The van der Waals surface area contributed by atoms with Crippen molar-refractivity contribution in [3.05, 3.63) is 77.9 Å². The molecule has 4 rings (SSSR count). The smallest absolute Gasteiger partial charge is 0.410 e. The quantitative estimate of drug-likeness (QED) is 0.0321. The highest BCUT2D eigenvalue weighted by Crippen LogP contribution is 2.31. The maximum atomic E-state index is 14.8. The number of anilines is 1. The number of aliphatic hydroxyl groups is 1. The van der Waals surface area contributed by atoms with Gasteiger partial charge < -0.3 is 66.8 Å². The van der Waals surface area contributed by atoms with E-state index in [1.54, 1.807) is 109 Å². The molecule has 522 valence electrons. The van der Waals surface area contributed by atoms with Crippen LogP contribution in [0.4, 0.5) is 15.3 Å². The van der Waals surface area contributed by atoms with Crippen molar-refractivity contribution in [2.45, 2.75) is 201 Å². The second kappa shape index (κ2) is 38.4. The molecule has 0 spiro atoms. The lowest BCUT2D eigenvalue weighted by molar-refractivity contribution is -0.148. The molecule has 9 N–H and O–H groups in total. The third-order valence-electron chi connectivity index (χ3n) is 17.7. The molecular weight excluding hydrogens is 1210 g/mol. The molecule has 94 heavy (non-hydrogen) atoms. The van der Waals surface area contributed by atoms with E-state index in [2.05, 4.69) is 31.9 Å². The number of imide groups is 1. The predicted octanol–water partition coefficient (Wildman–Crippen LogP) is 5.08. The van der Waals surface area contributed by atoms with Gasteiger partial charge in [-0.2, -0.15) is 0 Å². The predicted molar refractivity (Wildman–Crippen MR) is 353 cm³/mol. The van der Waals surface area contributed by atoms with Crippen LogP contribution in [0.15, 0.2) is 66.7 Å². The van der Waals surface area contributed by atoms with E-state index in [0.717, 1.165) is 4.90 Å². The van der Waals surface area contributed by atoms with Crippen molar-refractivity contribution in [2.24, 2.45) is 35.3 Å². The minimum Gasteiger partial charge on any atom is -0.445 e. The molecule has 2 aliphatic heterocycles. The SMILES string of the molecule is CC[C@H](C)[C@@H](C(CC(=O)N1CCC[C@H]1C(OC)[C@@H](C)C(=O)N[C@H](C)[C@@H](O)c1ccccc1)OC)N(C)C(=O)[C@@H](NC(=O)[C@H](C(C)C)N(C)C(=O)OCc1ccc(NC(=O)C(CCCNC(N)=O)NC(=O)C(NC(=O)CCCCCN2C(=O)C=CC2=O)C(C)C)cc1)C(C)C. The van der Waals surface area contributed by atoms with Gasteiger partial charge in [0.05, 0.1) is 48.8 Å². The number of ether oxygens (including phenoxy) is 3. The van der Waals surface area contributed by atoms with E-state index in [9.17, 15) is 57.8 Å². The first-order chi connectivity index (χ1) is 44.5. The highest BCUT2D eigenvalue weighted by molar-refractivity contribution is 6.12. The lowest BCUT2D eigenvalue weighted by Crippen LogP contribution is -2.60. The topological polar surface area (TPSA) is 347 Å². The van der Waals surface area contributed by atoms with Crippen LogP contribution in [0, 0.1) is 29.6 Å². The van der Waals surface area contributed by atoms with Crippen LogP contribution in [0.3, 0.4) is 0 Å². The van der Waals surface area contributed by atoms with Gasteiger partial charge in [0.25, 0.3) is 11.8 Å². The normalized spacial score (nSPS) is 17.4. The Labute approximate surface area is 554 Å². The number of methoxy groups -OCH3 is 2. The first kappa shape index (κ1) is 78.5. The summed E-state index contributed by atoms with van der Waals surface area (Å²) in [6, 6.07) is 8.74. The van der Waals surface area contributed by atoms with Gasteiger partial charge in [-0.15, -0.1) is 0 Å². The number of nitrogens with two attached hydrogens (primary N) is 1. The lowest BCUT2D eigenvalue weighted by Gasteiger charge is -2.41. The van der Waals surface area contributed by atoms with E-state index in [4.69, 9.17) is 19.9 Å². The van der Waals surface area contributed by atoms with Crippen LogP contribution >= 0.6 is 0 Å². The Morgan fingerprint density at radius 3 is 1.93 bits per heavy atom. The molecule has 2 aliphatic rings. The molecule has 0 aliphatic carbocycles. The van der Waals surface area contributed by atoms with Crippen molar-refractivity contribution in [1.29, 1.82) is 0 Å².